The minimum atomic E-state index is -1.89. The number of aromatic hydroxyl groups is 4. The third kappa shape index (κ3) is 4.90. The molecule has 3 fully saturated rings. The van der Waals surface area contributed by atoms with Crippen LogP contribution in [0, 0.1) is 11.8 Å². The Labute approximate surface area is 236 Å². The first-order valence-corrected chi connectivity index (χ1v) is 13.3. The lowest BCUT2D eigenvalue weighted by molar-refractivity contribution is -0.284. The zero-order valence-corrected chi connectivity index (χ0v) is 21.8. The molecule has 14 nitrogen and oxygen atoms in total. The molecular weight excluding hydrogens is 560 g/mol. The average molecular weight is 591 g/mol. The Hall–Kier alpha value is -3.63. The molecule has 3 aliphatic rings. The molecule has 0 spiro atoms. The summed E-state index contributed by atoms with van der Waals surface area (Å²) in [5, 5.41) is 92.1. The molecule has 0 amide bonds. The Kier molecular flexibility index (Phi) is 7.17. The lowest BCUT2D eigenvalue weighted by Gasteiger charge is -2.41. The fourth-order valence-corrected chi connectivity index (χ4v) is 5.75. The van der Waals surface area contributed by atoms with Crippen LogP contribution in [0.25, 0.3) is 22.3 Å². The van der Waals surface area contributed by atoms with E-state index in [0.29, 0.717) is 6.42 Å². The Morgan fingerprint density at radius 3 is 2.31 bits per heavy atom. The third-order valence-corrected chi connectivity index (χ3v) is 8.21. The number of aliphatic hydroxyl groups is 5. The van der Waals surface area contributed by atoms with E-state index in [9.17, 15) is 50.8 Å². The molecule has 2 heterocycles. The van der Waals surface area contributed by atoms with Crippen molar-refractivity contribution in [3.05, 3.63) is 40.6 Å². The lowest BCUT2D eigenvalue weighted by Crippen LogP contribution is -2.60. The number of ether oxygens (including phenoxy) is 3. The zero-order chi connectivity index (χ0) is 30.0. The number of phenols is 4. The van der Waals surface area contributed by atoms with Gasteiger partial charge in [-0.25, -0.2) is 0 Å². The van der Waals surface area contributed by atoms with E-state index in [2.05, 4.69) is 0 Å². The summed E-state index contributed by atoms with van der Waals surface area (Å²) in [6, 6.07) is 5.39. The topological polar surface area (TPSA) is 240 Å². The largest absolute Gasteiger partial charge is 0.508 e. The summed E-state index contributed by atoms with van der Waals surface area (Å²) in [4.78, 5) is 13.6. The van der Waals surface area contributed by atoms with Crippen LogP contribution in [-0.4, -0.2) is 102 Å². The molecule has 10 atom stereocenters. The first kappa shape index (κ1) is 28.5. The van der Waals surface area contributed by atoms with Gasteiger partial charge < -0.3 is 64.6 Å². The van der Waals surface area contributed by atoms with E-state index in [1.807, 2.05) is 0 Å². The minimum Gasteiger partial charge on any atom is -0.508 e. The molecule has 9 N–H and O–H groups in total. The van der Waals surface area contributed by atoms with E-state index >= 15 is 0 Å². The van der Waals surface area contributed by atoms with Crippen molar-refractivity contribution in [2.75, 3.05) is 6.61 Å². The van der Waals surface area contributed by atoms with Gasteiger partial charge in [-0.2, -0.15) is 0 Å². The smallest absolute Gasteiger partial charge is 0.239 e. The molecule has 1 aromatic heterocycles. The van der Waals surface area contributed by atoms with Crippen molar-refractivity contribution in [2.45, 2.75) is 61.9 Å². The molecule has 4 unspecified atom stereocenters. The monoisotopic (exact) mass is 590 g/mol. The number of fused-ring (bicyclic) bond motifs is 2. The Bertz CT molecular complexity index is 1550. The van der Waals surface area contributed by atoms with Crippen molar-refractivity contribution in [3.8, 4) is 40.1 Å². The zero-order valence-electron chi connectivity index (χ0n) is 21.8. The quantitative estimate of drug-likeness (QED) is 0.166. The summed E-state index contributed by atoms with van der Waals surface area (Å²) in [5.74, 6) is -2.88. The molecule has 2 aromatic carbocycles. The van der Waals surface area contributed by atoms with Gasteiger partial charge in [-0.3, -0.25) is 4.79 Å². The number of hydrogen-bond acceptors (Lipinski definition) is 14. The second-order valence-electron chi connectivity index (χ2n) is 11.0. The highest BCUT2D eigenvalue weighted by atomic mass is 16.7. The van der Waals surface area contributed by atoms with Crippen molar-refractivity contribution in [1.82, 2.24) is 0 Å². The highest BCUT2D eigenvalue weighted by Crippen LogP contribution is 2.50. The molecule has 0 bridgehead atoms. The van der Waals surface area contributed by atoms with Crippen LogP contribution in [-0.2, 0) is 9.47 Å². The van der Waals surface area contributed by atoms with E-state index in [-0.39, 0.29) is 35.3 Å². The van der Waals surface area contributed by atoms with Gasteiger partial charge >= 0.3 is 0 Å². The number of phenolic OH excluding ortho intramolecular Hbond substituents is 4. The van der Waals surface area contributed by atoms with Crippen LogP contribution in [0.15, 0.2) is 39.5 Å². The van der Waals surface area contributed by atoms with Crippen molar-refractivity contribution in [3.63, 3.8) is 0 Å². The number of benzene rings is 2. The van der Waals surface area contributed by atoms with E-state index in [0.717, 1.165) is 30.7 Å². The summed E-state index contributed by atoms with van der Waals surface area (Å²) >= 11 is 0. The standard InChI is InChI=1S/C28H30O14/c29-11-6-15(32)19-16(7-11)40-26(9-1-2-13(30)14(31)4-9)27(23(19)36)42-28-25(38)24(37)22(35)18(41-28)8-39-17-5-10-3-12(10)20(33)21(17)34/h1-2,4,6-7,10,12,17-18,20-22,24-25,28-35,37-38H,3,5,8H2/t10?,12-,17+,18+,20?,21+,22+,24?,25?,28-/m0/s1. The van der Waals surface area contributed by atoms with Crippen LogP contribution in [0.4, 0.5) is 0 Å². The highest BCUT2D eigenvalue weighted by Gasteiger charge is 2.53. The van der Waals surface area contributed by atoms with E-state index in [1.165, 1.54) is 6.07 Å². The van der Waals surface area contributed by atoms with Crippen LogP contribution in [0.3, 0.4) is 0 Å². The van der Waals surface area contributed by atoms with E-state index in [4.69, 9.17) is 18.6 Å². The summed E-state index contributed by atoms with van der Waals surface area (Å²) in [5.41, 5.74) is -1.22. The number of hydrogen-bond donors (Lipinski definition) is 9. The van der Waals surface area contributed by atoms with Gasteiger partial charge in [-0.1, -0.05) is 0 Å². The molecule has 1 aliphatic heterocycles. The van der Waals surface area contributed by atoms with Gasteiger partial charge in [0.2, 0.25) is 17.5 Å². The first-order valence-electron chi connectivity index (χ1n) is 13.3. The molecular formula is C28H30O14. The highest BCUT2D eigenvalue weighted by molar-refractivity contribution is 5.88. The van der Waals surface area contributed by atoms with Crippen LogP contribution in [0.5, 0.6) is 28.7 Å². The molecule has 3 aromatic rings. The van der Waals surface area contributed by atoms with Gasteiger partial charge in [0.1, 0.15) is 53.0 Å². The predicted octanol–water partition coefficient (Wildman–Crippen LogP) is -0.384. The van der Waals surface area contributed by atoms with Crippen LogP contribution in [0.1, 0.15) is 12.8 Å². The number of aliphatic hydroxyl groups excluding tert-OH is 5. The fraction of sp³-hybridized carbons (Fsp3) is 0.464. The molecule has 42 heavy (non-hydrogen) atoms. The van der Waals surface area contributed by atoms with Crippen molar-refractivity contribution < 1.29 is 64.6 Å². The maximum Gasteiger partial charge on any atom is 0.239 e. The SMILES string of the molecule is O=c1c(O[C@@H]2O[C@H](CO[C@@H]3CC4C[C@@H]4C(O)[C@@H]3O)[C@@H](O)C(O)C2O)c(-c2ccc(O)c(O)c2)oc2cc(O)cc(O)c12. The van der Waals surface area contributed by atoms with E-state index < -0.39 is 88.6 Å². The van der Waals surface area contributed by atoms with Gasteiger partial charge in [-0.05, 0) is 42.9 Å². The maximum absolute atomic E-state index is 13.6. The fourth-order valence-electron chi connectivity index (χ4n) is 5.75. The molecule has 2 aliphatic carbocycles. The van der Waals surface area contributed by atoms with Gasteiger partial charge in [0.25, 0.3) is 0 Å². The summed E-state index contributed by atoms with van der Waals surface area (Å²) in [6.07, 6.45) is -10.1. The maximum atomic E-state index is 13.6. The van der Waals surface area contributed by atoms with Gasteiger partial charge in [0.15, 0.2) is 17.3 Å². The predicted molar refractivity (Wildman–Crippen MR) is 140 cm³/mol. The second-order valence-corrected chi connectivity index (χ2v) is 11.0. The Morgan fingerprint density at radius 1 is 0.810 bits per heavy atom. The van der Waals surface area contributed by atoms with E-state index in [1.54, 1.807) is 0 Å². The molecule has 2 saturated carbocycles. The third-order valence-electron chi connectivity index (χ3n) is 8.21. The minimum absolute atomic E-state index is 0.0103. The number of rotatable bonds is 6. The first-order chi connectivity index (χ1) is 19.9. The van der Waals surface area contributed by atoms with Gasteiger partial charge in [0, 0.05) is 17.7 Å². The van der Waals surface area contributed by atoms with Gasteiger partial charge in [0.05, 0.1) is 18.8 Å². The van der Waals surface area contributed by atoms with Crippen LogP contribution < -0.4 is 10.2 Å². The van der Waals surface area contributed by atoms with Crippen LogP contribution in [0.2, 0.25) is 0 Å². The molecule has 0 radical (unpaired) electrons. The molecule has 226 valence electrons. The van der Waals surface area contributed by atoms with Crippen molar-refractivity contribution >= 4 is 11.0 Å². The van der Waals surface area contributed by atoms with Crippen molar-refractivity contribution in [1.29, 1.82) is 0 Å². The van der Waals surface area contributed by atoms with Crippen LogP contribution >= 0.6 is 0 Å². The Morgan fingerprint density at radius 2 is 1.57 bits per heavy atom. The summed E-state index contributed by atoms with van der Waals surface area (Å²) in [7, 11) is 0. The van der Waals surface area contributed by atoms with Gasteiger partial charge in [-0.15, -0.1) is 0 Å². The summed E-state index contributed by atoms with van der Waals surface area (Å²) in [6.45, 7) is -0.373. The average Bonchev–Trinajstić information content (AvgIpc) is 3.73. The summed E-state index contributed by atoms with van der Waals surface area (Å²) < 4.78 is 23.0. The normalized spacial score (nSPS) is 34.2. The van der Waals surface area contributed by atoms with Crippen molar-refractivity contribution in [2.24, 2.45) is 11.8 Å². The second kappa shape index (κ2) is 10.6. The lowest BCUT2D eigenvalue weighted by atomic mass is 9.92. The molecule has 1 saturated heterocycles. The Balaban J connectivity index is 1.32. The molecule has 6 rings (SSSR count). The molecule has 14 heteroatoms.